The number of likely N-dealkylation sites (tertiary alicyclic amines) is 1. The Morgan fingerprint density at radius 2 is 2.09 bits per heavy atom. The van der Waals surface area contributed by atoms with Gasteiger partial charge in [-0.2, -0.15) is 0 Å². The summed E-state index contributed by atoms with van der Waals surface area (Å²) < 4.78 is 0. The second kappa shape index (κ2) is 8.56. The minimum atomic E-state index is -0.830. The van der Waals surface area contributed by atoms with Crippen LogP contribution in [0.25, 0.3) is 0 Å². The van der Waals surface area contributed by atoms with Gasteiger partial charge in [0.15, 0.2) is 0 Å². The minimum absolute atomic E-state index is 0.0637. The second-order valence-electron chi connectivity index (χ2n) is 6.46. The van der Waals surface area contributed by atoms with Crippen molar-refractivity contribution < 1.29 is 14.7 Å². The molecule has 1 aromatic rings. The van der Waals surface area contributed by atoms with Crippen molar-refractivity contribution >= 4 is 12.0 Å². The Morgan fingerprint density at radius 1 is 1.35 bits per heavy atom. The highest BCUT2D eigenvalue weighted by Gasteiger charge is 2.23. The first-order valence-electron chi connectivity index (χ1n) is 8.35. The first kappa shape index (κ1) is 17.3. The topological polar surface area (TPSA) is 69.6 Å². The van der Waals surface area contributed by atoms with Crippen LogP contribution < -0.4 is 5.32 Å². The third-order valence-corrected chi connectivity index (χ3v) is 4.30. The van der Waals surface area contributed by atoms with Gasteiger partial charge in [-0.05, 0) is 37.2 Å². The fraction of sp³-hybridized carbons (Fsp3) is 0.556. The zero-order valence-electron chi connectivity index (χ0n) is 13.7. The number of nitrogens with one attached hydrogen (secondary N) is 1. The smallest absolute Gasteiger partial charge is 0.317 e. The molecule has 23 heavy (non-hydrogen) atoms. The Hall–Kier alpha value is -2.04. The zero-order chi connectivity index (χ0) is 16.7. The molecule has 0 aliphatic carbocycles. The summed E-state index contributed by atoms with van der Waals surface area (Å²) in [5, 5.41) is 12.0. The lowest BCUT2D eigenvalue weighted by molar-refractivity contribution is -0.137. The molecule has 2 unspecified atom stereocenters. The van der Waals surface area contributed by atoms with Crippen molar-refractivity contribution in [1.29, 1.82) is 0 Å². The van der Waals surface area contributed by atoms with Crippen molar-refractivity contribution in [2.45, 2.75) is 45.1 Å². The number of carbonyl (C=O) groups excluding carboxylic acids is 1. The molecule has 0 bridgehead atoms. The van der Waals surface area contributed by atoms with E-state index in [0.29, 0.717) is 18.8 Å². The summed E-state index contributed by atoms with van der Waals surface area (Å²) in [6, 6.07) is 9.64. The summed E-state index contributed by atoms with van der Waals surface area (Å²) in [5.74, 6) is -0.301. The Morgan fingerprint density at radius 3 is 2.74 bits per heavy atom. The maximum absolute atomic E-state index is 12.5. The summed E-state index contributed by atoms with van der Waals surface area (Å²) in [4.78, 5) is 25.2. The number of carboxylic acids is 1. The molecule has 2 atom stereocenters. The monoisotopic (exact) mass is 318 g/mol. The van der Waals surface area contributed by atoms with Gasteiger partial charge in [0.05, 0.1) is 0 Å². The number of nitrogens with zero attached hydrogens (tertiary/aromatic N) is 1. The largest absolute Gasteiger partial charge is 0.481 e. The quantitative estimate of drug-likeness (QED) is 0.847. The van der Waals surface area contributed by atoms with Gasteiger partial charge in [0.1, 0.15) is 0 Å². The number of benzene rings is 1. The van der Waals surface area contributed by atoms with Gasteiger partial charge in [-0.25, -0.2) is 4.79 Å². The first-order chi connectivity index (χ1) is 11.0. The molecule has 2 rings (SSSR count). The SMILES string of the molecule is CC1CCCN(C(=O)NC(CCC(=O)O)Cc2ccccc2)C1. The minimum Gasteiger partial charge on any atom is -0.481 e. The molecule has 1 saturated heterocycles. The van der Waals surface area contributed by atoms with Crippen LogP contribution in [0.1, 0.15) is 38.2 Å². The van der Waals surface area contributed by atoms with Gasteiger partial charge in [0.25, 0.3) is 0 Å². The Kier molecular flexibility index (Phi) is 6.44. The Balaban J connectivity index is 1.95. The fourth-order valence-corrected chi connectivity index (χ4v) is 3.06. The third-order valence-electron chi connectivity index (χ3n) is 4.30. The Bertz CT molecular complexity index is 518. The average Bonchev–Trinajstić information content (AvgIpc) is 2.53. The third kappa shape index (κ3) is 5.93. The highest BCUT2D eigenvalue weighted by molar-refractivity contribution is 5.75. The normalized spacial score (nSPS) is 19.2. The van der Waals surface area contributed by atoms with Crippen LogP contribution in [0.2, 0.25) is 0 Å². The number of rotatable bonds is 6. The standard InChI is InChI=1S/C18H26N2O3/c1-14-6-5-11-20(13-14)18(23)19-16(9-10-17(21)22)12-15-7-3-2-4-8-15/h2-4,7-8,14,16H,5-6,9-13H2,1H3,(H,19,23)(H,21,22). The van der Waals surface area contributed by atoms with Gasteiger partial charge in [-0.1, -0.05) is 37.3 Å². The number of piperidine rings is 1. The van der Waals surface area contributed by atoms with Gasteiger partial charge >= 0.3 is 12.0 Å². The molecule has 1 aliphatic heterocycles. The van der Waals surface area contributed by atoms with Crippen molar-refractivity contribution in [3.8, 4) is 0 Å². The van der Waals surface area contributed by atoms with Gasteiger partial charge in [0.2, 0.25) is 0 Å². The van der Waals surface area contributed by atoms with Crippen molar-refractivity contribution in [3.63, 3.8) is 0 Å². The van der Waals surface area contributed by atoms with Crippen LogP contribution in [0.3, 0.4) is 0 Å². The molecule has 0 saturated carbocycles. The number of carboxylic acid groups (broad SMARTS) is 1. The van der Waals surface area contributed by atoms with Gasteiger partial charge in [0, 0.05) is 25.6 Å². The molecule has 0 aromatic heterocycles. The van der Waals surface area contributed by atoms with Crippen molar-refractivity contribution in [1.82, 2.24) is 10.2 Å². The molecular weight excluding hydrogens is 292 g/mol. The zero-order valence-corrected chi connectivity index (χ0v) is 13.7. The lowest BCUT2D eigenvalue weighted by Crippen LogP contribution is -2.49. The summed E-state index contributed by atoms with van der Waals surface area (Å²) in [7, 11) is 0. The molecule has 5 nitrogen and oxygen atoms in total. The van der Waals surface area contributed by atoms with Crippen LogP contribution in [0, 0.1) is 5.92 Å². The van der Waals surface area contributed by atoms with Crippen LogP contribution in [-0.4, -0.2) is 41.1 Å². The van der Waals surface area contributed by atoms with E-state index in [4.69, 9.17) is 5.11 Å². The van der Waals surface area contributed by atoms with E-state index in [9.17, 15) is 9.59 Å². The van der Waals surface area contributed by atoms with E-state index in [2.05, 4.69) is 12.2 Å². The van der Waals surface area contributed by atoms with E-state index in [1.54, 1.807) is 0 Å². The van der Waals surface area contributed by atoms with E-state index in [1.807, 2.05) is 35.2 Å². The molecule has 2 N–H and O–H groups in total. The second-order valence-corrected chi connectivity index (χ2v) is 6.46. The lowest BCUT2D eigenvalue weighted by Gasteiger charge is -2.32. The van der Waals surface area contributed by atoms with E-state index >= 15 is 0 Å². The number of amides is 2. The van der Waals surface area contributed by atoms with Crippen molar-refractivity contribution in [2.24, 2.45) is 5.92 Å². The maximum atomic E-state index is 12.5. The van der Waals surface area contributed by atoms with Crippen LogP contribution in [0.4, 0.5) is 4.79 Å². The van der Waals surface area contributed by atoms with Crippen molar-refractivity contribution in [2.75, 3.05) is 13.1 Å². The molecule has 0 radical (unpaired) electrons. The highest BCUT2D eigenvalue weighted by Crippen LogP contribution is 2.16. The number of carbonyl (C=O) groups is 2. The van der Waals surface area contributed by atoms with Crippen LogP contribution >= 0.6 is 0 Å². The van der Waals surface area contributed by atoms with Crippen molar-refractivity contribution in [3.05, 3.63) is 35.9 Å². The molecule has 1 fully saturated rings. The maximum Gasteiger partial charge on any atom is 0.317 e. The molecular formula is C18H26N2O3. The molecule has 1 aromatic carbocycles. The number of hydrogen-bond donors (Lipinski definition) is 2. The predicted molar refractivity (Wildman–Crippen MR) is 89.3 cm³/mol. The lowest BCUT2D eigenvalue weighted by atomic mass is 10.00. The summed E-state index contributed by atoms with van der Waals surface area (Å²) in [6.45, 7) is 3.72. The molecule has 2 amide bonds. The van der Waals surface area contributed by atoms with E-state index in [0.717, 1.165) is 31.5 Å². The Labute approximate surface area is 137 Å². The van der Waals surface area contributed by atoms with E-state index in [-0.39, 0.29) is 18.5 Å². The summed E-state index contributed by atoms with van der Waals surface area (Å²) in [6.07, 6.45) is 3.36. The van der Waals surface area contributed by atoms with Gasteiger partial charge in [-0.15, -0.1) is 0 Å². The molecule has 0 spiro atoms. The summed E-state index contributed by atoms with van der Waals surface area (Å²) in [5.41, 5.74) is 1.11. The van der Waals surface area contributed by atoms with Gasteiger partial charge in [-0.3, -0.25) is 4.79 Å². The predicted octanol–water partition coefficient (Wildman–Crippen LogP) is 2.90. The van der Waals surface area contributed by atoms with Gasteiger partial charge < -0.3 is 15.3 Å². The number of hydrogen-bond acceptors (Lipinski definition) is 2. The average molecular weight is 318 g/mol. The van der Waals surface area contributed by atoms with E-state index in [1.165, 1.54) is 0 Å². The summed E-state index contributed by atoms with van der Waals surface area (Å²) >= 11 is 0. The number of aliphatic carboxylic acids is 1. The van der Waals surface area contributed by atoms with Crippen LogP contribution in [0.15, 0.2) is 30.3 Å². The molecule has 1 aliphatic rings. The van der Waals surface area contributed by atoms with E-state index < -0.39 is 5.97 Å². The first-order valence-corrected chi connectivity index (χ1v) is 8.35. The molecule has 126 valence electrons. The van der Waals surface area contributed by atoms with Crippen LogP contribution in [0.5, 0.6) is 0 Å². The molecule has 1 heterocycles. The van der Waals surface area contributed by atoms with Crippen LogP contribution in [-0.2, 0) is 11.2 Å². The fourth-order valence-electron chi connectivity index (χ4n) is 3.06. The molecule has 5 heteroatoms. The highest BCUT2D eigenvalue weighted by atomic mass is 16.4. The number of urea groups is 1.